The number of ether oxygens (including phenoxy) is 1. The molecule has 5 nitrogen and oxygen atoms in total. The van der Waals surface area contributed by atoms with Gasteiger partial charge >= 0.3 is 24.5 Å². The fourth-order valence-corrected chi connectivity index (χ4v) is 6.63. The minimum atomic E-state index is -5.14. The second kappa shape index (κ2) is 13.4. The molecular formula is C32H35F9N2O3. The molecule has 4 rings (SSSR count). The number of nitrogens with two attached hydrogens (primary N) is 1. The van der Waals surface area contributed by atoms with Crippen LogP contribution in [0.4, 0.5) is 45.2 Å². The fraction of sp³-hybridized carbons (Fsp3) is 0.562. The Morgan fingerprint density at radius 3 is 1.91 bits per heavy atom. The highest BCUT2D eigenvalue weighted by molar-refractivity contribution is 5.97. The van der Waals surface area contributed by atoms with Crippen LogP contribution in [0.5, 0.6) is 0 Å². The Hall–Kier alpha value is -3.29. The van der Waals surface area contributed by atoms with Crippen molar-refractivity contribution >= 4 is 17.6 Å². The number of rotatable bonds is 7. The number of amides is 1. The van der Waals surface area contributed by atoms with Crippen molar-refractivity contribution in [2.45, 2.75) is 95.3 Å². The minimum absolute atomic E-state index is 0.0180. The molecule has 2 aromatic carbocycles. The summed E-state index contributed by atoms with van der Waals surface area (Å²) in [5.41, 5.74) is 1.57. The summed E-state index contributed by atoms with van der Waals surface area (Å²) in [6, 6.07) is 1.43. The Bertz CT molecular complexity index is 1380. The molecule has 1 unspecified atom stereocenters. The van der Waals surface area contributed by atoms with Gasteiger partial charge in [0.15, 0.2) is 0 Å². The molecule has 0 spiro atoms. The summed E-state index contributed by atoms with van der Waals surface area (Å²) >= 11 is 0. The lowest BCUT2D eigenvalue weighted by Gasteiger charge is -2.44. The van der Waals surface area contributed by atoms with E-state index in [0.29, 0.717) is 44.2 Å². The van der Waals surface area contributed by atoms with Gasteiger partial charge in [-0.3, -0.25) is 9.59 Å². The van der Waals surface area contributed by atoms with E-state index in [0.717, 1.165) is 18.2 Å². The van der Waals surface area contributed by atoms with E-state index in [2.05, 4.69) is 0 Å². The maximum Gasteiger partial charge on any atom is 0.416 e. The van der Waals surface area contributed by atoms with Gasteiger partial charge in [0.1, 0.15) is 0 Å². The van der Waals surface area contributed by atoms with Crippen LogP contribution in [0.25, 0.3) is 0 Å². The van der Waals surface area contributed by atoms with E-state index < -0.39 is 64.7 Å². The fourth-order valence-electron chi connectivity index (χ4n) is 6.63. The Labute approximate surface area is 260 Å². The third-order valence-corrected chi connectivity index (χ3v) is 9.00. The van der Waals surface area contributed by atoms with Gasteiger partial charge in [0.25, 0.3) is 0 Å². The predicted molar refractivity (Wildman–Crippen MR) is 150 cm³/mol. The molecule has 14 heteroatoms. The number of esters is 1. The molecule has 2 N–H and O–H groups in total. The SMILES string of the molecule is CCOC(=O)CC1CCC(C(=O)N2c3ccc(C(F)(F)F)cc3[C@H](C(N)c3cc(C(F)(F)F)cc(C(F)(F)F)c3)C[C@H]2CC)CC1. The largest absolute Gasteiger partial charge is 0.466 e. The topological polar surface area (TPSA) is 72.6 Å². The molecular weight excluding hydrogens is 631 g/mol. The summed E-state index contributed by atoms with van der Waals surface area (Å²) < 4.78 is 128. The normalized spacial score (nSPS) is 23.1. The number of fused-ring (bicyclic) bond motifs is 1. The van der Waals surface area contributed by atoms with Crippen molar-refractivity contribution in [1.82, 2.24) is 0 Å². The van der Waals surface area contributed by atoms with E-state index in [9.17, 15) is 49.1 Å². The number of alkyl halides is 9. The van der Waals surface area contributed by atoms with Crippen molar-refractivity contribution in [3.63, 3.8) is 0 Å². The van der Waals surface area contributed by atoms with Gasteiger partial charge in [-0.2, -0.15) is 39.5 Å². The molecule has 3 atom stereocenters. The first kappa shape index (κ1) is 35.6. The highest BCUT2D eigenvalue weighted by atomic mass is 19.4. The first-order valence-corrected chi connectivity index (χ1v) is 15.1. The Morgan fingerprint density at radius 2 is 1.41 bits per heavy atom. The Kier molecular flexibility index (Phi) is 10.4. The van der Waals surface area contributed by atoms with Crippen LogP contribution in [0.3, 0.4) is 0 Å². The third kappa shape index (κ3) is 7.80. The van der Waals surface area contributed by atoms with Crippen LogP contribution < -0.4 is 10.6 Å². The monoisotopic (exact) mass is 666 g/mol. The van der Waals surface area contributed by atoms with Gasteiger partial charge in [-0.05, 0) is 98.9 Å². The number of halogens is 9. The number of hydrogen-bond donors (Lipinski definition) is 1. The van der Waals surface area contributed by atoms with Gasteiger partial charge in [-0.1, -0.05) is 6.92 Å². The van der Waals surface area contributed by atoms with E-state index in [1.807, 2.05) is 0 Å². The molecule has 1 aliphatic heterocycles. The predicted octanol–water partition coefficient (Wildman–Crippen LogP) is 8.80. The summed E-state index contributed by atoms with van der Waals surface area (Å²) in [4.78, 5) is 27.3. The van der Waals surface area contributed by atoms with E-state index in [-0.39, 0.29) is 54.6 Å². The van der Waals surface area contributed by atoms with Gasteiger partial charge < -0.3 is 15.4 Å². The summed E-state index contributed by atoms with van der Waals surface area (Å²) in [5, 5.41) is 0. The zero-order valence-corrected chi connectivity index (χ0v) is 25.2. The van der Waals surface area contributed by atoms with Gasteiger partial charge in [-0.25, -0.2) is 0 Å². The highest BCUT2D eigenvalue weighted by Gasteiger charge is 2.44. The van der Waals surface area contributed by atoms with Crippen molar-refractivity contribution in [1.29, 1.82) is 0 Å². The number of carbonyl (C=O) groups excluding carboxylic acids is 2. The van der Waals surface area contributed by atoms with Gasteiger partial charge in [0.05, 0.1) is 23.3 Å². The molecule has 1 aliphatic carbocycles. The summed E-state index contributed by atoms with van der Waals surface area (Å²) in [6.45, 7) is 3.67. The first-order chi connectivity index (χ1) is 21.3. The lowest BCUT2D eigenvalue weighted by molar-refractivity contribution is -0.145. The van der Waals surface area contributed by atoms with E-state index in [4.69, 9.17) is 10.5 Å². The zero-order chi connectivity index (χ0) is 34.2. The van der Waals surface area contributed by atoms with Crippen LogP contribution in [0, 0.1) is 11.8 Å². The Balaban J connectivity index is 1.73. The molecule has 254 valence electrons. The van der Waals surface area contributed by atoms with Crippen molar-refractivity contribution in [3.8, 4) is 0 Å². The second-order valence-corrected chi connectivity index (χ2v) is 12.0. The third-order valence-electron chi connectivity index (χ3n) is 9.00. The molecule has 1 heterocycles. The molecule has 0 bridgehead atoms. The number of nitrogens with zero attached hydrogens (tertiary/aromatic N) is 1. The smallest absolute Gasteiger partial charge is 0.416 e. The number of anilines is 1. The Morgan fingerprint density at radius 1 is 0.848 bits per heavy atom. The molecule has 0 aromatic heterocycles. The maximum absolute atomic E-state index is 14.0. The van der Waals surface area contributed by atoms with Crippen molar-refractivity contribution in [2.24, 2.45) is 17.6 Å². The molecule has 1 saturated carbocycles. The average molecular weight is 667 g/mol. The van der Waals surface area contributed by atoms with Crippen LogP contribution in [0.2, 0.25) is 0 Å². The average Bonchev–Trinajstić information content (AvgIpc) is 2.98. The van der Waals surface area contributed by atoms with Crippen molar-refractivity contribution in [3.05, 3.63) is 64.2 Å². The van der Waals surface area contributed by atoms with Crippen LogP contribution in [0.1, 0.15) is 98.6 Å². The van der Waals surface area contributed by atoms with Gasteiger partial charge in [0, 0.05) is 36.0 Å². The lowest BCUT2D eigenvalue weighted by Crippen LogP contribution is -2.49. The molecule has 0 saturated heterocycles. The van der Waals surface area contributed by atoms with Crippen LogP contribution in [-0.4, -0.2) is 24.5 Å². The van der Waals surface area contributed by atoms with E-state index in [1.165, 1.54) is 4.90 Å². The maximum atomic E-state index is 14.0. The summed E-state index contributed by atoms with van der Waals surface area (Å²) in [7, 11) is 0. The zero-order valence-electron chi connectivity index (χ0n) is 25.2. The quantitative estimate of drug-likeness (QED) is 0.237. The standard InChI is InChI=1S/C32H35F9N2O3/c1-3-23-16-25(28(42)19-12-21(31(36,37)38)14-22(13-19)32(39,40)41)24-15-20(30(33,34)35)9-10-26(24)43(23)29(45)18-7-5-17(6-8-18)11-27(44)46-4-2/h9-10,12-15,17-18,23,25,28H,3-8,11,16,42H2,1-2H3/t17?,18?,23-,25-,28?/m1/s1. The second-order valence-electron chi connectivity index (χ2n) is 12.0. The molecule has 1 amide bonds. The molecule has 0 radical (unpaired) electrons. The number of carbonyl (C=O) groups is 2. The van der Waals surface area contributed by atoms with E-state index in [1.54, 1.807) is 13.8 Å². The lowest BCUT2D eigenvalue weighted by atomic mass is 9.75. The van der Waals surface area contributed by atoms with Crippen LogP contribution in [0.15, 0.2) is 36.4 Å². The van der Waals surface area contributed by atoms with Crippen LogP contribution >= 0.6 is 0 Å². The molecule has 2 aliphatic rings. The minimum Gasteiger partial charge on any atom is -0.466 e. The highest BCUT2D eigenvalue weighted by Crippen LogP contribution is 2.49. The van der Waals surface area contributed by atoms with Crippen molar-refractivity contribution < 1.29 is 53.8 Å². The van der Waals surface area contributed by atoms with Gasteiger partial charge in [-0.15, -0.1) is 0 Å². The van der Waals surface area contributed by atoms with Crippen LogP contribution in [-0.2, 0) is 32.9 Å². The first-order valence-electron chi connectivity index (χ1n) is 15.1. The molecule has 1 fully saturated rings. The number of hydrogen-bond acceptors (Lipinski definition) is 4. The molecule has 46 heavy (non-hydrogen) atoms. The van der Waals surface area contributed by atoms with E-state index >= 15 is 0 Å². The molecule has 2 aromatic rings. The van der Waals surface area contributed by atoms with Crippen molar-refractivity contribution in [2.75, 3.05) is 11.5 Å². The summed E-state index contributed by atoms with van der Waals surface area (Å²) in [6.07, 6.45) is -12.7. The van der Waals surface area contributed by atoms with Gasteiger partial charge in [0.2, 0.25) is 5.91 Å². The number of benzene rings is 2. The summed E-state index contributed by atoms with van der Waals surface area (Å²) in [5.74, 6) is -2.29.